The van der Waals surface area contributed by atoms with E-state index >= 15 is 0 Å². The van der Waals surface area contributed by atoms with Gasteiger partial charge < -0.3 is 24.3 Å². The molecular formula is C24H25ClN4O7. The number of nitrogens with zero attached hydrogens (tertiary/aromatic N) is 1. The molecule has 0 unspecified atom stereocenters. The van der Waals surface area contributed by atoms with Crippen molar-refractivity contribution in [1.29, 1.82) is 0 Å². The Morgan fingerprint density at radius 3 is 2.36 bits per heavy atom. The van der Waals surface area contributed by atoms with Crippen LogP contribution in [0, 0.1) is 0 Å². The van der Waals surface area contributed by atoms with E-state index < -0.39 is 28.7 Å². The number of hydrogen-bond donors (Lipinski definition) is 4. The second-order valence-corrected chi connectivity index (χ2v) is 7.79. The van der Waals surface area contributed by atoms with Crippen LogP contribution in [0.5, 0.6) is 17.2 Å². The van der Waals surface area contributed by atoms with Gasteiger partial charge in [-0.05, 0) is 31.2 Å². The Hall–Kier alpha value is -4.09. The number of rotatable bonds is 9. The normalized spacial score (nSPS) is 10.6. The van der Waals surface area contributed by atoms with Gasteiger partial charge in [0.25, 0.3) is 11.5 Å². The maximum absolute atomic E-state index is 12.9. The molecule has 11 nitrogen and oxygen atoms in total. The number of carbonyl (C=O) groups is 2. The predicted molar refractivity (Wildman–Crippen MR) is 131 cm³/mol. The summed E-state index contributed by atoms with van der Waals surface area (Å²) in [6, 6.07) is 8.09. The van der Waals surface area contributed by atoms with Gasteiger partial charge in [-0.1, -0.05) is 17.7 Å². The molecule has 0 aliphatic heterocycles. The quantitative estimate of drug-likeness (QED) is 0.316. The molecule has 0 saturated carbocycles. The SMILES string of the molecule is CCOCc1[nH]c(=O)c(C(=O)NNC(=O)Cc2ccc(Cl)cn2)c(O)c1-c1c(OC)cccc1OC. The minimum Gasteiger partial charge on any atom is -0.506 e. The van der Waals surface area contributed by atoms with E-state index in [-0.39, 0.29) is 24.3 Å². The van der Waals surface area contributed by atoms with Crippen molar-refractivity contribution in [1.82, 2.24) is 20.8 Å². The maximum atomic E-state index is 12.9. The second-order valence-electron chi connectivity index (χ2n) is 7.35. The molecule has 36 heavy (non-hydrogen) atoms. The van der Waals surface area contributed by atoms with Crippen molar-refractivity contribution < 1.29 is 28.9 Å². The van der Waals surface area contributed by atoms with Crippen molar-refractivity contribution in [3.8, 4) is 28.4 Å². The molecule has 3 rings (SSSR count). The number of hydrazine groups is 1. The molecule has 0 aliphatic carbocycles. The number of amides is 2. The van der Waals surface area contributed by atoms with Crippen LogP contribution in [0.4, 0.5) is 0 Å². The largest absolute Gasteiger partial charge is 0.506 e. The zero-order valence-electron chi connectivity index (χ0n) is 19.8. The van der Waals surface area contributed by atoms with Gasteiger partial charge in [-0.15, -0.1) is 0 Å². The van der Waals surface area contributed by atoms with Crippen LogP contribution in [0.15, 0.2) is 41.3 Å². The van der Waals surface area contributed by atoms with Gasteiger partial charge in [0.15, 0.2) is 0 Å². The predicted octanol–water partition coefficient (Wildman–Crippen LogP) is 2.35. The third-order valence-electron chi connectivity index (χ3n) is 5.07. The average Bonchev–Trinajstić information content (AvgIpc) is 2.87. The lowest BCUT2D eigenvalue weighted by atomic mass is 9.98. The van der Waals surface area contributed by atoms with E-state index in [1.807, 2.05) is 0 Å². The fourth-order valence-corrected chi connectivity index (χ4v) is 3.55. The first kappa shape index (κ1) is 26.5. The second kappa shape index (κ2) is 12.0. The number of nitrogens with one attached hydrogen (secondary N) is 3. The Kier molecular flexibility index (Phi) is 8.87. The molecule has 0 bridgehead atoms. The zero-order valence-corrected chi connectivity index (χ0v) is 20.6. The van der Waals surface area contributed by atoms with Crippen molar-refractivity contribution in [3.63, 3.8) is 0 Å². The highest BCUT2D eigenvalue weighted by Gasteiger charge is 2.27. The fourth-order valence-electron chi connectivity index (χ4n) is 3.44. The van der Waals surface area contributed by atoms with Gasteiger partial charge in [0, 0.05) is 18.5 Å². The Balaban J connectivity index is 1.97. The highest BCUT2D eigenvalue weighted by atomic mass is 35.5. The molecule has 1 aromatic carbocycles. The van der Waals surface area contributed by atoms with Crippen molar-refractivity contribution in [2.75, 3.05) is 20.8 Å². The van der Waals surface area contributed by atoms with Gasteiger partial charge in [-0.25, -0.2) is 0 Å². The van der Waals surface area contributed by atoms with E-state index in [1.165, 1.54) is 20.4 Å². The number of benzene rings is 1. The maximum Gasteiger partial charge on any atom is 0.279 e. The number of aromatic hydroxyl groups is 1. The summed E-state index contributed by atoms with van der Waals surface area (Å²) in [6.07, 6.45) is 1.23. The van der Waals surface area contributed by atoms with Crippen LogP contribution in [0.25, 0.3) is 11.1 Å². The van der Waals surface area contributed by atoms with Crippen LogP contribution in [-0.4, -0.2) is 47.7 Å². The molecule has 0 spiro atoms. The van der Waals surface area contributed by atoms with Crippen LogP contribution in [0.2, 0.25) is 5.02 Å². The molecule has 0 saturated heterocycles. The first-order chi connectivity index (χ1) is 17.3. The Morgan fingerprint density at radius 1 is 1.08 bits per heavy atom. The lowest BCUT2D eigenvalue weighted by molar-refractivity contribution is -0.121. The van der Waals surface area contributed by atoms with Gasteiger partial charge in [-0.3, -0.25) is 30.2 Å². The van der Waals surface area contributed by atoms with Gasteiger partial charge in [0.1, 0.15) is 22.8 Å². The Bertz CT molecular complexity index is 1290. The summed E-state index contributed by atoms with van der Waals surface area (Å²) in [6.45, 7) is 2.04. The first-order valence-electron chi connectivity index (χ1n) is 10.8. The lowest BCUT2D eigenvalue weighted by Crippen LogP contribution is -2.44. The van der Waals surface area contributed by atoms with Crippen molar-refractivity contribution >= 4 is 23.4 Å². The van der Waals surface area contributed by atoms with Gasteiger partial charge in [0.05, 0.1) is 49.1 Å². The van der Waals surface area contributed by atoms with Crippen LogP contribution in [0.1, 0.15) is 28.7 Å². The van der Waals surface area contributed by atoms with Gasteiger partial charge in [0.2, 0.25) is 5.91 Å². The zero-order chi connectivity index (χ0) is 26.2. The van der Waals surface area contributed by atoms with Crippen molar-refractivity contribution in [2.45, 2.75) is 20.0 Å². The number of aromatic amines is 1. The minimum atomic E-state index is -1.04. The number of ether oxygens (including phenoxy) is 3. The third-order valence-corrected chi connectivity index (χ3v) is 5.29. The van der Waals surface area contributed by atoms with Gasteiger partial charge >= 0.3 is 0 Å². The number of hydrogen-bond acceptors (Lipinski definition) is 8. The third kappa shape index (κ3) is 5.93. The number of pyridine rings is 2. The summed E-state index contributed by atoms with van der Waals surface area (Å²) in [4.78, 5) is 44.5. The number of carbonyl (C=O) groups excluding carboxylic acids is 2. The van der Waals surface area contributed by atoms with Crippen molar-refractivity contribution in [2.24, 2.45) is 0 Å². The molecule has 2 amide bonds. The Morgan fingerprint density at radius 2 is 1.78 bits per heavy atom. The van der Waals surface area contributed by atoms with Crippen LogP contribution < -0.4 is 25.9 Å². The molecule has 4 N–H and O–H groups in total. The fraction of sp³-hybridized carbons (Fsp3) is 0.250. The van der Waals surface area contributed by atoms with E-state index in [2.05, 4.69) is 20.8 Å². The molecule has 190 valence electrons. The molecule has 0 fully saturated rings. The number of H-pyrrole nitrogens is 1. The number of methoxy groups -OCH3 is 2. The number of aromatic nitrogens is 2. The lowest BCUT2D eigenvalue weighted by Gasteiger charge is -2.19. The van der Waals surface area contributed by atoms with E-state index in [0.717, 1.165) is 0 Å². The van der Waals surface area contributed by atoms with Crippen molar-refractivity contribution in [3.05, 3.63) is 68.9 Å². The topological polar surface area (TPSA) is 152 Å². The molecule has 2 heterocycles. The summed E-state index contributed by atoms with van der Waals surface area (Å²) in [5, 5.41) is 11.6. The minimum absolute atomic E-state index is 0.0669. The summed E-state index contributed by atoms with van der Waals surface area (Å²) in [7, 11) is 2.86. The van der Waals surface area contributed by atoms with E-state index in [9.17, 15) is 19.5 Å². The highest BCUT2D eigenvalue weighted by molar-refractivity contribution is 6.30. The summed E-state index contributed by atoms with van der Waals surface area (Å²) in [5.74, 6) is -1.63. The Labute approximate surface area is 211 Å². The smallest absolute Gasteiger partial charge is 0.279 e. The molecule has 12 heteroatoms. The average molecular weight is 517 g/mol. The summed E-state index contributed by atoms with van der Waals surface area (Å²) in [5.41, 5.74) is 3.85. The van der Waals surface area contributed by atoms with Crippen LogP contribution >= 0.6 is 11.6 Å². The van der Waals surface area contributed by atoms with E-state index in [0.29, 0.717) is 34.4 Å². The highest BCUT2D eigenvalue weighted by Crippen LogP contribution is 2.44. The van der Waals surface area contributed by atoms with E-state index in [1.54, 1.807) is 37.3 Å². The monoisotopic (exact) mass is 516 g/mol. The van der Waals surface area contributed by atoms with Gasteiger partial charge in [-0.2, -0.15) is 0 Å². The summed E-state index contributed by atoms with van der Waals surface area (Å²) >= 11 is 5.78. The molecule has 0 atom stereocenters. The number of halogens is 1. The standard InChI is InChI=1S/C24H25ClN4O7/c1-4-36-12-15-19(20-16(34-2)6-5-7-17(20)35-3)22(31)21(23(32)27-15)24(33)29-28-18(30)10-14-9-8-13(25)11-26-14/h5-9,11H,4,10,12H2,1-3H3,(H,28,30)(H,29,33)(H2,27,31,32). The molecule has 0 aliphatic rings. The molecule has 0 radical (unpaired) electrons. The van der Waals surface area contributed by atoms with Crippen LogP contribution in [0.3, 0.4) is 0 Å². The first-order valence-corrected chi connectivity index (χ1v) is 11.1. The van der Waals surface area contributed by atoms with Crippen LogP contribution in [-0.2, 0) is 22.6 Å². The van der Waals surface area contributed by atoms with E-state index in [4.69, 9.17) is 25.8 Å². The molecule has 2 aromatic heterocycles. The molecular weight excluding hydrogens is 492 g/mol. The summed E-state index contributed by atoms with van der Waals surface area (Å²) < 4.78 is 16.3. The molecule has 3 aromatic rings.